The van der Waals surface area contributed by atoms with E-state index in [1.54, 1.807) is 12.3 Å². The summed E-state index contributed by atoms with van der Waals surface area (Å²) >= 11 is 0. The molecule has 2 aromatic heterocycles. The summed E-state index contributed by atoms with van der Waals surface area (Å²) in [5, 5.41) is 7.26. The van der Waals surface area contributed by atoms with E-state index >= 15 is 0 Å². The second-order valence-corrected chi connectivity index (χ2v) is 7.82. The Hall–Kier alpha value is -3.87. The van der Waals surface area contributed by atoms with Gasteiger partial charge in [0, 0.05) is 30.2 Å². The average molecular weight is 447 g/mol. The standard InChI is InChI=1S/C26H20F3N3O/c1-17-3-2-4-20(11-17)25-8-6-19(15-30-25)13-22(33)12-18-5-7-23(21-9-10-31-32-16-21)24(14-18)26(27,28)29/h2-11,14-16H,12-13H2,1H3. The number of hydrogen-bond donors (Lipinski definition) is 0. The molecule has 0 bridgehead atoms. The van der Waals surface area contributed by atoms with Crippen LogP contribution in [0.25, 0.3) is 22.4 Å². The Morgan fingerprint density at radius 3 is 2.30 bits per heavy atom. The Morgan fingerprint density at radius 1 is 0.848 bits per heavy atom. The summed E-state index contributed by atoms with van der Waals surface area (Å²) in [6, 6.07) is 17.0. The maximum absolute atomic E-state index is 13.7. The number of hydrogen-bond acceptors (Lipinski definition) is 4. The summed E-state index contributed by atoms with van der Waals surface area (Å²) < 4.78 is 41.0. The molecule has 0 saturated carbocycles. The topological polar surface area (TPSA) is 55.7 Å². The van der Waals surface area contributed by atoms with Gasteiger partial charge in [0.05, 0.1) is 23.7 Å². The monoisotopic (exact) mass is 447 g/mol. The molecule has 0 amide bonds. The van der Waals surface area contributed by atoms with Gasteiger partial charge in [0.1, 0.15) is 5.78 Å². The first-order valence-electron chi connectivity index (χ1n) is 10.3. The minimum Gasteiger partial charge on any atom is -0.299 e. The average Bonchev–Trinajstić information content (AvgIpc) is 2.79. The summed E-state index contributed by atoms with van der Waals surface area (Å²) in [4.78, 5) is 17.0. The van der Waals surface area contributed by atoms with Crippen molar-refractivity contribution in [2.45, 2.75) is 25.9 Å². The first-order valence-corrected chi connectivity index (χ1v) is 10.3. The van der Waals surface area contributed by atoms with Gasteiger partial charge in [-0.1, -0.05) is 42.0 Å². The van der Waals surface area contributed by atoms with Crippen molar-refractivity contribution in [2.75, 3.05) is 0 Å². The Morgan fingerprint density at radius 2 is 1.64 bits per heavy atom. The van der Waals surface area contributed by atoms with Crippen LogP contribution in [-0.4, -0.2) is 21.0 Å². The number of alkyl halides is 3. The van der Waals surface area contributed by atoms with Crippen LogP contribution < -0.4 is 0 Å². The molecule has 4 nitrogen and oxygen atoms in total. The lowest BCUT2D eigenvalue weighted by molar-refractivity contribution is -0.137. The fourth-order valence-electron chi connectivity index (χ4n) is 3.66. The Labute approximate surface area is 189 Å². The first-order chi connectivity index (χ1) is 15.8. The zero-order valence-electron chi connectivity index (χ0n) is 17.8. The summed E-state index contributed by atoms with van der Waals surface area (Å²) in [6.45, 7) is 2.00. The van der Waals surface area contributed by atoms with E-state index in [2.05, 4.69) is 15.2 Å². The number of pyridine rings is 1. The number of Topliss-reactive ketones (excluding diaryl/α,β-unsaturated/α-hetero) is 1. The molecule has 4 aromatic rings. The van der Waals surface area contributed by atoms with E-state index < -0.39 is 11.7 Å². The number of aryl methyl sites for hydroxylation is 1. The maximum Gasteiger partial charge on any atom is 0.417 e. The number of ketones is 1. The van der Waals surface area contributed by atoms with Crippen LogP contribution in [0.1, 0.15) is 22.3 Å². The van der Waals surface area contributed by atoms with Crippen molar-refractivity contribution in [1.82, 2.24) is 15.2 Å². The lowest BCUT2D eigenvalue weighted by Crippen LogP contribution is -2.11. The van der Waals surface area contributed by atoms with Gasteiger partial charge in [-0.25, -0.2) is 0 Å². The fourth-order valence-corrected chi connectivity index (χ4v) is 3.66. The number of nitrogens with zero attached hydrogens (tertiary/aromatic N) is 3. The Bertz CT molecular complexity index is 1270. The van der Waals surface area contributed by atoms with Gasteiger partial charge in [-0.15, -0.1) is 0 Å². The molecule has 4 rings (SSSR count). The van der Waals surface area contributed by atoms with E-state index in [9.17, 15) is 18.0 Å². The predicted molar refractivity (Wildman–Crippen MR) is 119 cm³/mol. The molecule has 0 unspecified atom stereocenters. The van der Waals surface area contributed by atoms with Crippen molar-refractivity contribution in [2.24, 2.45) is 0 Å². The lowest BCUT2D eigenvalue weighted by atomic mass is 9.95. The lowest BCUT2D eigenvalue weighted by Gasteiger charge is -2.14. The molecule has 0 atom stereocenters. The highest BCUT2D eigenvalue weighted by atomic mass is 19.4. The van der Waals surface area contributed by atoms with Crippen LogP contribution in [0.5, 0.6) is 0 Å². The molecule has 7 heteroatoms. The van der Waals surface area contributed by atoms with Gasteiger partial charge in [0.25, 0.3) is 0 Å². The van der Waals surface area contributed by atoms with Crippen molar-refractivity contribution in [3.63, 3.8) is 0 Å². The zero-order chi connectivity index (χ0) is 23.4. The fraction of sp³-hybridized carbons (Fsp3) is 0.154. The molecule has 0 N–H and O–H groups in total. The van der Waals surface area contributed by atoms with E-state index in [4.69, 9.17) is 0 Å². The highest BCUT2D eigenvalue weighted by Gasteiger charge is 2.34. The van der Waals surface area contributed by atoms with E-state index in [0.717, 1.165) is 22.9 Å². The molecule has 0 aliphatic rings. The van der Waals surface area contributed by atoms with E-state index in [-0.39, 0.29) is 24.2 Å². The minimum absolute atomic E-state index is 0.00420. The van der Waals surface area contributed by atoms with Crippen LogP contribution in [0.4, 0.5) is 13.2 Å². The molecule has 0 fully saturated rings. The zero-order valence-corrected chi connectivity index (χ0v) is 17.8. The number of halogens is 3. The third-order valence-electron chi connectivity index (χ3n) is 5.23. The Kier molecular flexibility index (Phi) is 6.31. The second-order valence-electron chi connectivity index (χ2n) is 7.82. The van der Waals surface area contributed by atoms with Crippen molar-refractivity contribution in [3.8, 4) is 22.4 Å². The molecule has 0 aliphatic heterocycles. The number of carbonyl (C=O) groups is 1. The van der Waals surface area contributed by atoms with Crippen molar-refractivity contribution < 1.29 is 18.0 Å². The molecule has 0 spiro atoms. The highest BCUT2D eigenvalue weighted by Crippen LogP contribution is 2.37. The van der Waals surface area contributed by atoms with Crippen LogP contribution in [0.15, 0.2) is 79.3 Å². The minimum atomic E-state index is -4.56. The molecule has 2 heterocycles. The molecule has 33 heavy (non-hydrogen) atoms. The smallest absolute Gasteiger partial charge is 0.299 e. The van der Waals surface area contributed by atoms with Gasteiger partial charge in [-0.3, -0.25) is 9.78 Å². The molecule has 0 radical (unpaired) electrons. The molecule has 0 aliphatic carbocycles. The van der Waals surface area contributed by atoms with Crippen LogP contribution >= 0.6 is 0 Å². The highest BCUT2D eigenvalue weighted by molar-refractivity contribution is 5.83. The normalized spacial score (nSPS) is 11.4. The Balaban J connectivity index is 1.49. The number of benzene rings is 2. The van der Waals surface area contributed by atoms with Gasteiger partial charge in [-0.05, 0) is 47.9 Å². The van der Waals surface area contributed by atoms with Crippen LogP contribution in [-0.2, 0) is 23.8 Å². The van der Waals surface area contributed by atoms with Gasteiger partial charge < -0.3 is 0 Å². The molecular weight excluding hydrogens is 427 g/mol. The summed E-state index contributed by atoms with van der Waals surface area (Å²) in [7, 11) is 0. The summed E-state index contributed by atoms with van der Waals surface area (Å²) in [5.74, 6) is -0.188. The SMILES string of the molecule is Cc1cccc(-c2ccc(CC(=O)Cc3ccc(-c4ccnnc4)c(C(F)(F)F)c3)cn2)c1. The molecule has 2 aromatic carbocycles. The van der Waals surface area contributed by atoms with Crippen molar-refractivity contribution in [3.05, 3.63) is 102 Å². The van der Waals surface area contributed by atoms with Gasteiger partial charge in [0.15, 0.2) is 0 Å². The summed E-state index contributed by atoms with van der Waals surface area (Å²) in [6.07, 6.45) is -0.312. The van der Waals surface area contributed by atoms with Crippen LogP contribution in [0, 0.1) is 6.92 Å². The maximum atomic E-state index is 13.7. The van der Waals surface area contributed by atoms with E-state index in [1.165, 1.54) is 24.5 Å². The first kappa shape index (κ1) is 22.3. The quantitative estimate of drug-likeness (QED) is 0.370. The number of aromatic nitrogens is 3. The molecule has 0 saturated heterocycles. The number of carbonyl (C=O) groups excluding carboxylic acids is 1. The third-order valence-corrected chi connectivity index (χ3v) is 5.23. The van der Waals surface area contributed by atoms with E-state index in [1.807, 2.05) is 43.3 Å². The van der Waals surface area contributed by atoms with E-state index in [0.29, 0.717) is 16.7 Å². The number of rotatable bonds is 6. The van der Waals surface area contributed by atoms with Crippen molar-refractivity contribution in [1.29, 1.82) is 0 Å². The van der Waals surface area contributed by atoms with Crippen molar-refractivity contribution >= 4 is 5.78 Å². The third kappa shape index (κ3) is 5.49. The van der Waals surface area contributed by atoms with Crippen LogP contribution in [0.2, 0.25) is 0 Å². The predicted octanol–water partition coefficient (Wildman–Crippen LogP) is 5.89. The van der Waals surface area contributed by atoms with Gasteiger partial charge in [0.2, 0.25) is 0 Å². The summed E-state index contributed by atoms with van der Waals surface area (Å²) in [5.41, 5.74) is 3.44. The molecular formula is C26H20F3N3O. The second kappa shape index (κ2) is 9.32. The van der Waals surface area contributed by atoms with Crippen LogP contribution in [0.3, 0.4) is 0 Å². The van der Waals surface area contributed by atoms with Gasteiger partial charge in [-0.2, -0.15) is 23.4 Å². The molecule has 166 valence electrons. The van der Waals surface area contributed by atoms with Gasteiger partial charge >= 0.3 is 6.18 Å². The largest absolute Gasteiger partial charge is 0.417 e.